The first kappa shape index (κ1) is 20.4. The van der Waals surface area contributed by atoms with Crippen LogP contribution in [-0.4, -0.2) is 17.6 Å². The van der Waals surface area contributed by atoms with E-state index in [4.69, 9.17) is 4.74 Å². The van der Waals surface area contributed by atoms with Crippen molar-refractivity contribution in [3.63, 3.8) is 0 Å². The van der Waals surface area contributed by atoms with Crippen LogP contribution in [0.2, 0.25) is 0 Å². The van der Waals surface area contributed by atoms with Crippen LogP contribution in [0.5, 0.6) is 5.75 Å². The first-order valence-corrected chi connectivity index (χ1v) is 10.1. The molecule has 0 atom stereocenters. The van der Waals surface area contributed by atoms with Gasteiger partial charge in [-0.1, -0.05) is 60.7 Å². The monoisotopic (exact) mass is 412 g/mol. The third kappa shape index (κ3) is 3.70. The summed E-state index contributed by atoms with van der Waals surface area (Å²) >= 11 is 0. The molecule has 1 heterocycles. The van der Waals surface area contributed by atoms with Crippen LogP contribution in [-0.2, 0) is 13.6 Å². The average molecular weight is 412 g/mol. The minimum atomic E-state index is -0.311. The second-order valence-corrected chi connectivity index (χ2v) is 7.44. The van der Waals surface area contributed by atoms with Crippen LogP contribution in [0.25, 0.3) is 21.9 Å². The highest BCUT2D eigenvalue weighted by Gasteiger charge is 2.22. The zero-order valence-electron chi connectivity index (χ0n) is 17.8. The van der Waals surface area contributed by atoms with Gasteiger partial charge in [0.25, 0.3) is 11.5 Å². The van der Waals surface area contributed by atoms with Gasteiger partial charge in [0.05, 0.1) is 7.11 Å². The lowest BCUT2D eigenvalue weighted by molar-refractivity contribution is 0.0942. The lowest BCUT2D eigenvalue weighted by Gasteiger charge is -2.19. The molecule has 0 aliphatic rings. The fourth-order valence-electron chi connectivity index (χ4n) is 3.97. The molecule has 0 radical (unpaired) electrons. The lowest BCUT2D eigenvalue weighted by atomic mass is 9.93. The lowest BCUT2D eigenvalue weighted by Crippen LogP contribution is -2.32. The Morgan fingerprint density at radius 2 is 1.58 bits per heavy atom. The number of carbonyl (C=O) groups excluding carboxylic acids is 1. The summed E-state index contributed by atoms with van der Waals surface area (Å²) in [4.78, 5) is 26.5. The predicted octanol–water partition coefficient (Wildman–Crippen LogP) is 4.45. The summed E-state index contributed by atoms with van der Waals surface area (Å²) in [7, 11) is 3.25. The number of fused-ring (bicyclic) bond motifs is 1. The van der Waals surface area contributed by atoms with Crippen molar-refractivity contribution in [1.29, 1.82) is 0 Å². The van der Waals surface area contributed by atoms with Crippen molar-refractivity contribution in [3.05, 3.63) is 100.0 Å². The number of aromatic nitrogens is 1. The van der Waals surface area contributed by atoms with Gasteiger partial charge in [0.15, 0.2) is 0 Å². The molecule has 5 nitrogen and oxygen atoms in total. The molecule has 0 fully saturated rings. The Balaban J connectivity index is 1.88. The van der Waals surface area contributed by atoms with Gasteiger partial charge in [-0.05, 0) is 35.6 Å². The second-order valence-electron chi connectivity index (χ2n) is 7.44. The zero-order valence-corrected chi connectivity index (χ0v) is 17.8. The Hall–Kier alpha value is -3.86. The number of carbonyl (C=O) groups is 1. The topological polar surface area (TPSA) is 60.3 Å². The van der Waals surface area contributed by atoms with Crippen molar-refractivity contribution in [2.75, 3.05) is 7.11 Å². The summed E-state index contributed by atoms with van der Waals surface area (Å²) in [6, 6.07) is 22.9. The normalized spacial score (nSPS) is 10.8. The van der Waals surface area contributed by atoms with E-state index >= 15 is 0 Å². The number of para-hydroxylation sites is 1. The molecule has 0 spiro atoms. The summed E-state index contributed by atoms with van der Waals surface area (Å²) in [5.41, 5.74) is 3.72. The van der Waals surface area contributed by atoms with Gasteiger partial charge in [0, 0.05) is 30.1 Å². The molecule has 0 saturated carbocycles. The number of nitrogens with one attached hydrogen (secondary N) is 1. The molecule has 1 aromatic heterocycles. The molecule has 4 aromatic rings. The fourth-order valence-corrected chi connectivity index (χ4v) is 3.97. The van der Waals surface area contributed by atoms with E-state index in [1.54, 1.807) is 20.2 Å². The van der Waals surface area contributed by atoms with Crippen molar-refractivity contribution in [1.82, 2.24) is 9.88 Å². The molecule has 0 unspecified atom stereocenters. The molecule has 31 heavy (non-hydrogen) atoms. The van der Waals surface area contributed by atoms with Crippen molar-refractivity contribution >= 4 is 16.7 Å². The molecule has 4 rings (SSSR count). The van der Waals surface area contributed by atoms with E-state index in [2.05, 4.69) is 5.32 Å². The molecule has 0 aliphatic carbocycles. The van der Waals surface area contributed by atoms with Crippen LogP contribution in [0, 0.1) is 6.92 Å². The predicted molar refractivity (Wildman–Crippen MR) is 124 cm³/mol. The Bertz CT molecular complexity index is 1340. The van der Waals surface area contributed by atoms with E-state index in [-0.39, 0.29) is 18.0 Å². The van der Waals surface area contributed by atoms with E-state index in [0.29, 0.717) is 16.8 Å². The maximum absolute atomic E-state index is 13.4. The zero-order chi connectivity index (χ0) is 22.0. The SMILES string of the molecule is COc1ccccc1CNC(=O)c1c(-c2ccccc2C)c2ccccc2c(=O)n1C. The van der Waals surface area contributed by atoms with Crippen LogP contribution >= 0.6 is 0 Å². The van der Waals surface area contributed by atoms with Gasteiger partial charge in [-0.15, -0.1) is 0 Å². The maximum Gasteiger partial charge on any atom is 0.268 e. The van der Waals surface area contributed by atoms with Crippen LogP contribution in [0.15, 0.2) is 77.6 Å². The van der Waals surface area contributed by atoms with Crippen molar-refractivity contribution < 1.29 is 9.53 Å². The number of ether oxygens (including phenoxy) is 1. The number of pyridine rings is 1. The molecular formula is C26H24N2O3. The van der Waals surface area contributed by atoms with Crippen molar-refractivity contribution in [2.24, 2.45) is 7.05 Å². The standard InChI is InChI=1S/C26H24N2O3/c1-17-10-4-6-12-19(17)23-20-13-7-8-14-21(20)26(30)28(2)24(23)25(29)27-16-18-11-5-9-15-22(18)31-3/h4-15H,16H2,1-3H3,(H,27,29). The number of hydrogen-bond donors (Lipinski definition) is 1. The minimum Gasteiger partial charge on any atom is -0.496 e. The Labute approximate surface area is 180 Å². The molecule has 0 bridgehead atoms. The van der Waals surface area contributed by atoms with E-state index < -0.39 is 0 Å². The number of benzene rings is 3. The number of nitrogens with zero attached hydrogens (tertiary/aromatic N) is 1. The first-order valence-electron chi connectivity index (χ1n) is 10.1. The summed E-state index contributed by atoms with van der Waals surface area (Å²) < 4.78 is 6.83. The number of aryl methyl sites for hydroxylation is 1. The summed E-state index contributed by atoms with van der Waals surface area (Å²) in [5.74, 6) is 0.392. The molecule has 1 amide bonds. The Kier molecular flexibility index (Phi) is 5.58. The van der Waals surface area contributed by atoms with E-state index in [9.17, 15) is 9.59 Å². The van der Waals surface area contributed by atoms with Crippen molar-refractivity contribution in [2.45, 2.75) is 13.5 Å². The van der Waals surface area contributed by atoms with E-state index in [1.807, 2.05) is 73.7 Å². The van der Waals surface area contributed by atoms with Gasteiger partial charge in [-0.3, -0.25) is 9.59 Å². The fraction of sp³-hybridized carbons (Fsp3) is 0.154. The highest BCUT2D eigenvalue weighted by molar-refractivity contribution is 6.08. The Morgan fingerprint density at radius 3 is 2.32 bits per heavy atom. The van der Waals surface area contributed by atoms with E-state index in [0.717, 1.165) is 27.6 Å². The highest BCUT2D eigenvalue weighted by atomic mass is 16.5. The summed E-state index contributed by atoms with van der Waals surface area (Å²) in [5, 5.41) is 4.33. The molecular weight excluding hydrogens is 388 g/mol. The van der Waals surface area contributed by atoms with Gasteiger partial charge >= 0.3 is 0 Å². The van der Waals surface area contributed by atoms with Gasteiger partial charge in [0.2, 0.25) is 0 Å². The van der Waals surface area contributed by atoms with Crippen LogP contribution in [0.1, 0.15) is 21.6 Å². The molecule has 156 valence electrons. The average Bonchev–Trinajstić information content (AvgIpc) is 2.80. The largest absolute Gasteiger partial charge is 0.496 e. The van der Waals surface area contributed by atoms with Crippen LogP contribution < -0.4 is 15.6 Å². The van der Waals surface area contributed by atoms with Gasteiger partial charge in [-0.2, -0.15) is 0 Å². The molecule has 1 N–H and O–H groups in total. The van der Waals surface area contributed by atoms with Gasteiger partial charge < -0.3 is 14.6 Å². The van der Waals surface area contributed by atoms with Gasteiger partial charge in [-0.25, -0.2) is 0 Å². The highest BCUT2D eigenvalue weighted by Crippen LogP contribution is 2.32. The number of methoxy groups -OCH3 is 1. The Morgan fingerprint density at radius 1 is 0.935 bits per heavy atom. The smallest absolute Gasteiger partial charge is 0.268 e. The number of amides is 1. The molecule has 0 saturated heterocycles. The number of hydrogen-bond acceptors (Lipinski definition) is 3. The third-order valence-electron chi connectivity index (χ3n) is 5.57. The number of rotatable bonds is 5. The summed E-state index contributed by atoms with van der Waals surface area (Å²) in [6.45, 7) is 2.29. The molecule has 5 heteroatoms. The van der Waals surface area contributed by atoms with Crippen molar-refractivity contribution in [3.8, 4) is 16.9 Å². The molecule has 3 aromatic carbocycles. The summed E-state index contributed by atoms with van der Waals surface area (Å²) in [6.07, 6.45) is 0. The maximum atomic E-state index is 13.4. The van der Waals surface area contributed by atoms with E-state index in [1.165, 1.54) is 4.57 Å². The second kappa shape index (κ2) is 8.48. The van der Waals surface area contributed by atoms with Crippen LogP contribution in [0.3, 0.4) is 0 Å². The quantitative estimate of drug-likeness (QED) is 0.527. The first-order chi connectivity index (χ1) is 15.0. The van der Waals surface area contributed by atoms with Gasteiger partial charge in [0.1, 0.15) is 11.4 Å². The van der Waals surface area contributed by atoms with Crippen LogP contribution in [0.4, 0.5) is 0 Å². The minimum absolute atomic E-state index is 0.199. The molecule has 0 aliphatic heterocycles. The third-order valence-corrected chi connectivity index (χ3v) is 5.57.